The van der Waals surface area contributed by atoms with Crippen LogP contribution in [0.5, 0.6) is 0 Å². The molecule has 0 aliphatic carbocycles. The molecule has 1 aromatic rings. The Morgan fingerprint density at radius 3 is 2.76 bits per heavy atom. The van der Waals surface area contributed by atoms with Crippen molar-refractivity contribution in [1.82, 2.24) is 10.3 Å². The van der Waals surface area contributed by atoms with Gasteiger partial charge in [0.1, 0.15) is 6.04 Å². The summed E-state index contributed by atoms with van der Waals surface area (Å²) < 4.78 is 17.3. The zero-order valence-electron chi connectivity index (χ0n) is 9.57. The van der Waals surface area contributed by atoms with Crippen LogP contribution in [0.15, 0.2) is 18.3 Å². The zero-order chi connectivity index (χ0) is 12.8. The highest BCUT2D eigenvalue weighted by Gasteiger charge is 2.17. The molecule has 5 nitrogen and oxygen atoms in total. The van der Waals surface area contributed by atoms with E-state index < -0.39 is 23.9 Å². The van der Waals surface area contributed by atoms with Crippen molar-refractivity contribution < 1.29 is 18.7 Å². The minimum absolute atomic E-state index is 0.183. The minimum atomic E-state index is -0.757. The Kier molecular flexibility index (Phi) is 4.56. The summed E-state index contributed by atoms with van der Waals surface area (Å²) in [5.74, 6) is -1.69. The number of amides is 1. The van der Waals surface area contributed by atoms with E-state index in [1.54, 1.807) is 6.92 Å². The second-order valence-electron chi connectivity index (χ2n) is 3.32. The van der Waals surface area contributed by atoms with Crippen LogP contribution in [0.4, 0.5) is 4.39 Å². The molecule has 0 saturated carbocycles. The molecule has 1 heterocycles. The van der Waals surface area contributed by atoms with Crippen LogP contribution in [-0.4, -0.2) is 29.5 Å². The van der Waals surface area contributed by atoms with Crippen molar-refractivity contribution in [2.45, 2.75) is 19.9 Å². The molecule has 0 fully saturated rings. The molecule has 1 unspecified atom stereocenters. The highest BCUT2D eigenvalue weighted by Crippen LogP contribution is 2.00. The smallest absolute Gasteiger partial charge is 0.328 e. The average Bonchev–Trinajstić information content (AvgIpc) is 2.30. The number of rotatable bonds is 4. The summed E-state index contributed by atoms with van der Waals surface area (Å²) in [6.07, 6.45) is 1.10. The lowest BCUT2D eigenvalue weighted by Gasteiger charge is -2.12. The predicted octanol–water partition coefficient (Wildman–Crippen LogP) is 0.902. The molecular weight excluding hydrogens is 227 g/mol. The van der Waals surface area contributed by atoms with Gasteiger partial charge in [0.25, 0.3) is 5.91 Å². The number of nitrogens with one attached hydrogen (secondary N) is 1. The van der Waals surface area contributed by atoms with Gasteiger partial charge in [-0.3, -0.25) is 4.79 Å². The van der Waals surface area contributed by atoms with Crippen molar-refractivity contribution in [2.75, 3.05) is 6.61 Å². The molecule has 0 saturated heterocycles. The van der Waals surface area contributed by atoms with Crippen LogP contribution < -0.4 is 5.32 Å². The lowest BCUT2D eigenvalue weighted by molar-refractivity contribution is -0.144. The standard InChI is InChI=1S/C11H13FN2O3/c1-3-17-11(16)7(2)14-10(15)8-4-5-9(12)13-6-8/h4-7H,3H2,1-2H3,(H,14,15). The number of pyridine rings is 1. The molecule has 0 spiro atoms. The van der Waals surface area contributed by atoms with Crippen LogP contribution in [0.2, 0.25) is 0 Å². The van der Waals surface area contributed by atoms with Gasteiger partial charge in [-0.05, 0) is 26.0 Å². The van der Waals surface area contributed by atoms with E-state index in [4.69, 9.17) is 4.74 Å². The van der Waals surface area contributed by atoms with E-state index in [-0.39, 0.29) is 12.2 Å². The molecule has 17 heavy (non-hydrogen) atoms. The van der Waals surface area contributed by atoms with Crippen LogP contribution in [0.3, 0.4) is 0 Å². The number of esters is 1. The second-order valence-corrected chi connectivity index (χ2v) is 3.32. The number of hydrogen-bond donors (Lipinski definition) is 1. The normalized spacial score (nSPS) is 11.7. The van der Waals surface area contributed by atoms with E-state index in [2.05, 4.69) is 10.3 Å². The molecule has 1 aromatic heterocycles. The largest absolute Gasteiger partial charge is 0.464 e. The van der Waals surface area contributed by atoms with Gasteiger partial charge >= 0.3 is 5.97 Å². The molecule has 0 aromatic carbocycles. The molecule has 1 rings (SSSR count). The third-order valence-electron chi connectivity index (χ3n) is 1.98. The Labute approximate surface area is 98.0 Å². The maximum atomic E-state index is 12.5. The lowest BCUT2D eigenvalue weighted by Crippen LogP contribution is -2.39. The van der Waals surface area contributed by atoms with Gasteiger partial charge in [-0.1, -0.05) is 0 Å². The van der Waals surface area contributed by atoms with Gasteiger partial charge in [0, 0.05) is 6.20 Å². The number of carbonyl (C=O) groups excluding carboxylic acids is 2. The molecular formula is C11H13FN2O3. The first kappa shape index (κ1) is 13.1. The first-order valence-corrected chi connectivity index (χ1v) is 5.13. The number of hydrogen-bond acceptors (Lipinski definition) is 4. The number of aromatic nitrogens is 1. The summed E-state index contributed by atoms with van der Waals surface area (Å²) >= 11 is 0. The van der Waals surface area contributed by atoms with Crippen molar-refractivity contribution in [3.05, 3.63) is 29.8 Å². The highest BCUT2D eigenvalue weighted by atomic mass is 19.1. The number of halogens is 1. The van der Waals surface area contributed by atoms with E-state index in [1.807, 2.05) is 0 Å². The van der Waals surface area contributed by atoms with Gasteiger partial charge in [0.05, 0.1) is 12.2 Å². The van der Waals surface area contributed by atoms with Crippen molar-refractivity contribution >= 4 is 11.9 Å². The number of ether oxygens (including phenoxy) is 1. The van der Waals surface area contributed by atoms with Crippen molar-refractivity contribution in [2.24, 2.45) is 0 Å². The van der Waals surface area contributed by atoms with Crippen LogP contribution in [-0.2, 0) is 9.53 Å². The number of carbonyl (C=O) groups is 2. The molecule has 0 aliphatic heterocycles. The van der Waals surface area contributed by atoms with Crippen LogP contribution >= 0.6 is 0 Å². The Morgan fingerprint density at radius 1 is 1.53 bits per heavy atom. The van der Waals surface area contributed by atoms with Crippen LogP contribution in [0.1, 0.15) is 24.2 Å². The van der Waals surface area contributed by atoms with Gasteiger partial charge in [0.15, 0.2) is 0 Å². The third-order valence-corrected chi connectivity index (χ3v) is 1.98. The van der Waals surface area contributed by atoms with Crippen LogP contribution in [0, 0.1) is 5.95 Å². The molecule has 0 aliphatic rings. The molecule has 0 bridgehead atoms. The molecule has 6 heteroatoms. The Bertz CT molecular complexity index is 406. The Balaban J connectivity index is 2.60. The minimum Gasteiger partial charge on any atom is -0.464 e. The van der Waals surface area contributed by atoms with Gasteiger partial charge in [0.2, 0.25) is 5.95 Å². The zero-order valence-corrected chi connectivity index (χ0v) is 9.57. The predicted molar refractivity (Wildman–Crippen MR) is 57.8 cm³/mol. The van der Waals surface area contributed by atoms with E-state index in [1.165, 1.54) is 13.0 Å². The monoisotopic (exact) mass is 240 g/mol. The fourth-order valence-corrected chi connectivity index (χ4v) is 1.12. The summed E-state index contributed by atoms with van der Waals surface area (Å²) in [5, 5.41) is 2.42. The fraction of sp³-hybridized carbons (Fsp3) is 0.364. The molecule has 1 N–H and O–H groups in total. The molecule has 1 atom stereocenters. The van der Waals surface area contributed by atoms with Crippen molar-refractivity contribution in [3.63, 3.8) is 0 Å². The molecule has 0 radical (unpaired) electrons. The summed E-state index contributed by atoms with van der Waals surface area (Å²) in [6, 6.07) is 1.60. The quantitative estimate of drug-likeness (QED) is 0.627. The van der Waals surface area contributed by atoms with Crippen LogP contribution in [0.25, 0.3) is 0 Å². The summed E-state index contributed by atoms with van der Waals surface area (Å²) in [7, 11) is 0. The summed E-state index contributed by atoms with van der Waals surface area (Å²) in [6.45, 7) is 3.43. The first-order chi connectivity index (χ1) is 8.04. The topological polar surface area (TPSA) is 68.3 Å². The van der Waals surface area contributed by atoms with E-state index in [0.717, 1.165) is 12.3 Å². The van der Waals surface area contributed by atoms with E-state index in [0.29, 0.717) is 0 Å². The van der Waals surface area contributed by atoms with Gasteiger partial charge in [-0.25, -0.2) is 9.78 Å². The molecule has 1 amide bonds. The Morgan fingerprint density at radius 2 is 2.24 bits per heavy atom. The van der Waals surface area contributed by atoms with Gasteiger partial charge in [-0.15, -0.1) is 0 Å². The van der Waals surface area contributed by atoms with Crippen molar-refractivity contribution in [3.8, 4) is 0 Å². The third kappa shape index (κ3) is 3.82. The Hall–Kier alpha value is -1.98. The van der Waals surface area contributed by atoms with E-state index >= 15 is 0 Å². The SMILES string of the molecule is CCOC(=O)C(C)NC(=O)c1ccc(F)nc1. The molecule has 92 valence electrons. The number of nitrogens with zero attached hydrogens (tertiary/aromatic N) is 1. The fourth-order valence-electron chi connectivity index (χ4n) is 1.12. The second kappa shape index (κ2) is 5.93. The lowest BCUT2D eigenvalue weighted by atomic mass is 10.2. The van der Waals surface area contributed by atoms with E-state index in [9.17, 15) is 14.0 Å². The maximum Gasteiger partial charge on any atom is 0.328 e. The van der Waals surface area contributed by atoms with Crippen molar-refractivity contribution in [1.29, 1.82) is 0 Å². The summed E-state index contributed by atoms with van der Waals surface area (Å²) in [5.41, 5.74) is 0.183. The van der Waals surface area contributed by atoms with Gasteiger partial charge < -0.3 is 10.1 Å². The average molecular weight is 240 g/mol. The maximum absolute atomic E-state index is 12.5. The highest BCUT2D eigenvalue weighted by molar-refractivity contribution is 5.96. The summed E-state index contributed by atoms with van der Waals surface area (Å²) in [4.78, 5) is 26.2. The van der Waals surface area contributed by atoms with Gasteiger partial charge in [-0.2, -0.15) is 4.39 Å². The first-order valence-electron chi connectivity index (χ1n) is 5.13.